The molecule has 0 saturated heterocycles. The maximum atomic E-state index is 12.2. The predicted molar refractivity (Wildman–Crippen MR) is 76.2 cm³/mol. The van der Waals surface area contributed by atoms with Crippen molar-refractivity contribution >= 4 is 10.0 Å². The van der Waals surface area contributed by atoms with Gasteiger partial charge in [0.15, 0.2) is 0 Å². The fraction of sp³-hybridized carbons (Fsp3) is 0.533. The quantitative estimate of drug-likeness (QED) is 0.924. The summed E-state index contributed by atoms with van der Waals surface area (Å²) in [5, 5.41) is 8.73. The van der Waals surface area contributed by atoms with E-state index >= 15 is 0 Å². The van der Waals surface area contributed by atoms with Crippen molar-refractivity contribution in [3.05, 3.63) is 35.4 Å². The van der Waals surface area contributed by atoms with E-state index in [0.29, 0.717) is 11.5 Å². The summed E-state index contributed by atoms with van der Waals surface area (Å²) in [5.41, 5.74) is 1.27. The first-order valence-corrected chi connectivity index (χ1v) is 8.70. The van der Waals surface area contributed by atoms with Gasteiger partial charge in [0.1, 0.15) is 0 Å². The Balaban J connectivity index is 1.65. The molecule has 5 heteroatoms. The molecule has 0 spiro atoms. The third-order valence-electron chi connectivity index (χ3n) is 4.51. The maximum absolute atomic E-state index is 12.2. The van der Waals surface area contributed by atoms with Gasteiger partial charge in [-0.15, -0.1) is 0 Å². The summed E-state index contributed by atoms with van der Waals surface area (Å²) in [4.78, 5) is 0. The van der Waals surface area contributed by atoms with Crippen molar-refractivity contribution in [3.63, 3.8) is 0 Å². The first-order valence-electron chi connectivity index (χ1n) is 7.05. The molecule has 2 aliphatic rings. The lowest BCUT2D eigenvalue weighted by Gasteiger charge is -2.22. The molecule has 1 N–H and O–H groups in total. The first kappa shape index (κ1) is 13.6. The normalized spacial score (nSPS) is 28.4. The van der Waals surface area contributed by atoms with Gasteiger partial charge in [-0.2, -0.15) is 5.26 Å². The Kier molecular flexibility index (Phi) is 3.53. The molecule has 1 aromatic rings. The monoisotopic (exact) mass is 290 g/mol. The lowest BCUT2D eigenvalue weighted by Crippen LogP contribution is -2.39. The standard InChI is InChI=1S/C15H18N2O2S/c16-9-11-1-3-12(4-2-11)10-20(18,19)17-15-8-13-5-6-14(15)7-13/h1-4,13-15,17H,5-8,10H2. The average molecular weight is 290 g/mol. The van der Waals surface area contributed by atoms with E-state index in [0.717, 1.165) is 24.3 Å². The Morgan fingerprint density at radius 2 is 1.95 bits per heavy atom. The number of benzene rings is 1. The molecule has 1 aromatic carbocycles. The molecule has 2 aliphatic carbocycles. The van der Waals surface area contributed by atoms with Crippen LogP contribution in [0.5, 0.6) is 0 Å². The molecule has 0 aromatic heterocycles. The van der Waals surface area contributed by atoms with Gasteiger partial charge < -0.3 is 0 Å². The van der Waals surface area contributed by atoms with Gasteiger partial charge >= 0.3 is 0 Å². The van der Waals surface area contributed by atoms with Crippen LogP contribution in [0.1, 0.15) is 36.8 Å². The van der Waals surface area contributed by atoms with E-state index in [1.54, 1.807) is 24.3 Å². The smallest absolute Gasteiger partial charge is 0.212 e. The predicted octanol–water partition coefficient (Wildman–Crippen LogP) is 2.17. The summed E-state index contributed by atoms with van der Waals surface area (Å²) in [7, 11) is -3.29. The van der Waals surface area contributed by atoms with Crippen LogP contribution < -0.4 is 4.72 Å². The molecule has 0 heterocycles. The van der Waals surface area contributed by atoms with Crippen LogP contribution in [-0.4, -0.2) is 14.5 Å². The van der Waals surface area contributed by atoms with E-state index < -0.39 is 10.0 Å². The molecular formula is C15H18N2O2S. The van der Waals surface area contributed by atoms with Gasteiger partial charge in [-0.05, 0) is 48.8 Å². The van der Waals surface area contributed by atoms with E-state index in [-0.39, 0.29) is 11.8 Å². The van der Waals surface area contributed by atoms with E-state index in [1.165, 1.54) is 12.8 Å². The van der Waals surface area contributed by atoms with Gasteiger partial charge in [0, 0.05) is 6.04 Å². The number of hydrogen-bond donors (Lipinski definition) is 1. The van der Waals surface area contributed by atoms with Gasteiger partial charge in [-0.1, -0.05) is 18.6 Å². The van der Waals surface area contributed by atoms with Gasteiger partial charge in [0.05, 0.1) is 17.4 Å². The number of rotatable bonds is 4. The Bertz CT molecular complexity index is 631. The Hall–Kier alpha value is -1.38. The van der Waals surface area contributed by atoms with Crippen LogP contribution in [0.15, 0.2) is 24.3 Å². The van der Waals surface area contributed by atoms with Crippen molar-refractivity contribution in [2.24, 2.45) is 11.8 Å². The SMILES string of the molecule is N#Cc1ccc(CS(=O)(=O)NC2CC3CCC2C3)cc1. The second kappa shape index (κ2) is 5.19. The van der Waals surface area contributed by atoms with Crippen molar-refractivity contribution in [2.45, 2.75) is 37.5 Å². The zero-order chi connectivity index (χ0) is 14.2. The number of nitrogens with one attached hydrogen (secondary N) is 1. The lowest BCUT2D eigenvalue weighted by molar-refractivity contribution is 0.390. The highest BCUT2D eigenvalue weighted by Crippen LogP contribution is 2.44. The molecule has 0 aliphatic heterocycles. The third kappa shape index (κ3) is 2.87. The molecule has 2 saturated carbocycles. The van der Waals surface area contributed by atoms with E-state index in [2.05, 4.69) is 4.72 Å². The summed E-state index contributed by atoms with van der Waals surface area (Å²) in [6.45, 7) is 0. The number of nitrogens with zero attached hydrogens (tertiary/aromatic N) is 1. The summed E-state index contributed by atoms with van der Waals surface area (Å²) < 4.78 is 27.3. The van der Waals surface area contributed by atoms with Crippen LogP contribution in [0.2, 0.25) is 0 Å². The minimum absolute atomic E-state index is 0.00735. The zero-order valence-electron chi connectivity index (χ0n) is 11.2. The molecule has 3 rings (SSSR count). The van der Waals surface area contributed by atoms with E-state index in [1.807, 2.05) is 6.07 Å². The van der Waals surface area contributed by atoms with Crippen LogP contribution in [0, 0.1) is 23.2 Å². The summed E-state index contributed by atoms with van der Waals surface area (Å²) in [6, 6.07) is 8.89. The van der Waals surface area contributed by atoms with Crippen molar-refractivity contribution in [1.82, 2.24) is 4.72 Å². The minimum atomic E-state index is -3.29. The largest absolute Gasteiger partial charge is 0.216 e. The molecular weight excluding hydrogens is 272 g/mol. The van der Waals surface area contributed by atoms with Crippen LogP contribution in [-0.2, 0) is 15.8 Å². The Morgan fingerprint density at radius 1 is 1.20 bits per heavy atom. The molecule has 4 nitrogen and oxygen atoms in total. The number of nitriles is 1. The summed E-state index contributed by atoms with van der Waals surface area (Å²) in [6.07, 6.45) is 4.61. The molecule has 3 unspecified atom stereocenters. The van der Waals surface area contributed by atoms with Gasteiger partial charge in [-0.3, -0.25) is 0 Å². The van der Waals surface area contributed by atoms with Crippen molar-refractivity contribution in [2.75, 3.05) is 0 Å². The first-order chi connectivity index (χ1) is 9.55. The highest BCUT2D eigenvalue weighted by Gasteiger charge is 2.40. The Labute approximate surface area is 119 Å². The van der Waals surface area contributed by atoms with Crippen LogP contribution in [0.4, 0.5) is 0 Å². The molecule has 0 radical (unpaired) electrons. The van der Waals surface area contributed by atoms with Crippen molar-refractivity contribution in [3.8, 4) is 6.07 Å². The fourth-order valence-corrected chi connectivity index (χ4v) is 5.02. The van der Waals surface area contributed by atoms with Gasteiger partial charge in [0.25, 0.3) is 0 Å². The maximum Gasteiger partial charge on any atom is 0.216 e. The van der Waals surface area contributed by atoms with Gasteiger partial charge in [0.2, 0.25) is 10.0 Å². The number of fused-ring (bicyclic) bond motifs is 2. The molecule has 3 atom stereocenters. The second-order valence-corrected chi connectivity index (χ2v) is 7.72. The highest BCUT2D eigenvalue weighted by atomic mass is 32.2. The minimum Gasteiger partial charge on any atom is -0.212 e. The van der Waals surface area contributed by atoms with Crippen LogP contribution in [0.3, 0.4) is 0 Å². The zero-order valence-corrected chi connectivity index (χ0v) is 12.1. The number of hydrogen-bond acceptors (Lipinski definition) is 3. The van der Waals surface area contributed by atoms with Crippen molar-refractivity contribution in [1.29, 1.82) is 5.26 Å². The average Bonchev–Trinajstić information content (AvgIpc) is 3.01. The molecule has 2 bridgehead atoms. The molecule has 20 heavy (non-hydrogen) atoms. The van der Waals surface area contributed by atoms with Gasteiger partial charge in [-0.25, -0.2) is 13.1 Å². The second-order valence-electron chi connectivity index (χ2n) is 5.97. The number of sulfonamides is 1. The summed E-state index contributed by atoms with van der Waals surface area (Å²) in [5.74, 6) is 1.26. The topological polar surface area (TPSA) is 70.0 Å². The fourth-order valence-electron chi connectivity index (χ4n) is 3.56. The van der Waals surface area contributed by atoms with E-state index in [9.17, 15) is 8.42 Å². The molecule has 2 fully saturated rings. The molecule has 0 amide bonds. The van der Waals surface area contributed by atoms with Crippen LogP contribution >= 0.6 is 0 Å². The highest BCUT2D eigenvalue weighted by molar-refractivity contribution is 7.88. The third-order valence-corrected chi connectivity index (χ3v) is 5.88. The van der Waals surface area contributed by atoms with Crippen LogP contribution in [0.25, 0.3) is 0 Å². The molecule has 106 valence electrons. The van der Waals surface area contributed by atoms with E-state index in [4.69, 9.17) is 5.26 Å². The Morgan fingerprint density at radius 3 is 2.50 bits per heavy atom. The summed E-state index contributed by atoms with van der Waals surface area (Å²) >= 11 is 0. The lowest BCUT2D eigenvalue weighted by atomic mass is 9.96. The van der Waals surface area contributed by atoms with Crippen molar-refractivity contribution < 1.29 is 8.42 Å².